The fraction of sp³-hybridized carbons (Fsp3) is 0.414. The van der Waals surface area contributed by atoms with Crippen molar-refractivity contribution in [1.82, 2.24) is 20.1 Å². The lowest BCUT2D eigenvalue weighted by molar-refractivity contribution is 0.416. The molecule has 0 saturated carbocycles. The van der Waals surface area contributed by atoms with Gasteiger partial charge in [0.05, 0.1) is 29.7 Å². The number of aryl methyl sites for hydroxylation is 2. The van der Waals surface area contributed by atoms with E-state index in [-0.39, 0.29) is 5.82 Å². The van der Waals surface area contributed by atoms with Gasteiger partial charge in [-0.15, -0.1) is 0 Å². The van der Waals surface area contributed by atoms with Crippen molar-refractivity contribution < 1.29 is 9.13 Å². The molecule has 5 rings (SSSR count). The van der Waals surface area contributed by atoms with Crippen molar-refractivity contribution in [2.75, 3.05) is 13.7 Å². The second-order valence-electron chi connectivity index (χ2n) is 7.95. The maximum Gasteiger partial charge on any atom is 0.145 e. The Hall–Kier alpha value is -3.12. The number of nitrogens with zero attached hydrogens (tertiary/aromatic N) is 2. The number of aromatic amines is 1. The molecule has 0 atom stereocenters. The summed E-state index contributed by atoms with van der Waals surface area (Å²) in [5.74, 6) is 0.202. The van der Waals surface area contributed by atoms with E-state index in [4.69, 9.17) is 9.84 Å². The molecule has 0 unspecified atom stereocenters. The highest BCUT2D eigenvalue weighted by atomic mass is 19.1. The van der Waals surface area contributed by atoms with E-state index in [2.05, 4.69) is 42.3 Å². The van der Waals surface area contributed by atoms with Crippen molar-refractivity contribution in [1.29, 1.82) is 0 Å². The Morgan fingerprint density at radius 2 is 1.74 bits per heavy atom. The minimum Gasteiger partial charge on any atom is -0.494 e. The zero-order chi connectivity index (χ0) is 25.5. The van der Waals surface area contributed by atoms with Crippen molar-refractivity contribution >= 4 is 10.9 Å². The fourth-order valence-electron chi connectivity index (χ4n) is 4.78. The summed E-state index contributed by atoms with van der Waals surface area (Å²) in [7, 11) is 1.57. The largest absolute Gasteiger partial charge is 0.494 e. The van der Waals surface area contributed by atoms with Gasteiger partial charge in [-0.3, -0.25) is 0 Å². The summed E-state index contributed by atoms with van der Waals surface area (Å²) in [4.78, 5) is 3.22. The van der Waals surface area contributed by atoms with E-state index in [1.54, 1.807) is 7.11 Å². The number of hydrogen-bond acceptors (Lipinski definition) is 3. The number of ether oxygens (including phenoxy) is 1. The average Bonchev–Trinajstić information content (AvgIpc) is 3.55. The standard InChI is InChI=1S/C25H27FN4O.2C2H6/c1-4-15-7-6-8-16(5-2)24(15)30-25(18-14-27-11-10-20(18)29-30)22-17-9-12-28-23(17)21(31-3)13-19(22)26;2*1-2/h6-9,12-13,27-28H,4-5,10-11,14H2,1-3H3;2*1-2H3. The van der Waals surface area contributed by atoms with Crippen LogP contribution in [0.4, 0.5) is 4.39 Å². The predicted molar refractivity (Wildman–Crippen MR) is 144 cm³/mol. The van der Waals surface area contributed by atoms with Crippen molar-refractivity contribution in [3.8, 4) is 22.7 Å². The molecule has 1 aliphatic heterocycles. The molecule has 0 spiro atoms. The Morgan fingerprint density at radius 1 is 1.06 bits per heavy atom. The lowest BCUT2D eigenvalue weighted by atomic mass is 9.97. The van der Waals surface area contributed by atoms with E-state index in [0.29, 0.717) is 17.9 Å². The summed E-state index contributed by atoms with van der Waals surface area (Å²) in [5.41, 5.74) is 7.83. The van der Waals surface area contributed by atoms with Gasteiger partial charge in [0.2, 0.25) is 0 Å². The quantitative estimate of drug-likeness (QED) is 0.325. The third-order valence-electron chi connectivity index (χ3n) is 6.30. The topological polar surface area (TPSA) is 54.9 Å². The first-order valence-electron chi connectivity index (χ1n) is 12.9. The Bertz CT molecular complexity index is 1250. The molecule has 2 aromatic heterocycles. The number of para-hydroxylation sites is 1. The molecule has 188 valence electrons. The van der Waals surface area contributed by atoms with Gasteiger partial charge >= 0.3 is 0 Å². The van der Waals surface area contributed by atoms with Gasteiger partial charge in [-0.25, -0.2) is 9.07 Å². The van der Waals surface area contributed by atoms with Crippen LogP contribution in [-0.4, -0.2) is 28.4 Å². The van der Waals surface area contributed by atoms with Crippen molar-refractivity contribution in [3.63, 3.8) is 0 Å². The number of nitrogens with one attached hydrogen (secondary N) is 2. The summed E-state index contributed by atoms with van der Waals surface area (Å²) < 4.78 is 23.1. The molecule has 0 bridgehead atoms. The number of fused-ring (bicyclic) bond motifs is 2. The predicted octanol–water partition coefficient (Wildman–Crippen LogP) is 6.99. The number of halogens is 1. The molecule has 0 fully saturated rings. The number of aromatic nitrogens is 3. The first-order chi connectivity index (χ1) is 17.2. The lowest BCUT2D eigenvalue weighted by Gasteiger charge is -2.19. The zero-order valence-electron chi connectivity index (χ0n) is 22.2. The number of H-pyrrole nitrogens is 1. The molecule has 3 heterocycles. The minimum atomic E-state index is -0.300. The number of benzene rings is 2. The number of methoxy groups -OCH3 is 1. The highest BCUT2D eigenvalue weighted by Crippen LogP contribution is 2.41. The molecule has 2 N–H and O–H groups in total. The third-order valence-corrected chi connectivity index (χ3v) is 6.30. The monoisotopic (exact) mass is 478 g/mol. The van der Waals surface area contributed by atoms with Crippen LogP contribution in [0, 0.1) is 5.82 Å². The van der Waals surface area contributed by atoms with Crippen molar-refractivity contribution in [2.24, 2.45) is 0 Å². The van der Waals surface area contributed by atoms with Gasteiger partial charge in [0.25, 0.3) is 0 Å². The lowest BCUT2D eigenvalue weighted by Crippen LogP contribution is -2.23. The van der Waals surface area contributed by atoms with Crippen LogP contribution in [-0.2, 0) is 25.8 Å². The highest BCUT2D eigenvalue weighted by molar-refractivity contribution is 5.99. The third kappa shape index (κ3) is 4.72. The van der Waals surface area contributed by atoms with E-state index < -0.39 is 0 Å². The van der Waals surface area contributed by atoms with Crippen LogP contribution in [0.15, 0.2) is 36.5 Å². The number of hydrogen-bond donors (Lipinski definition) is 2. The Labute approximate surface area is 208 Å². The van der Waals surface area contributed by atoms with Crippen LogP contribution in [0.3, 0.4) is 0 Å². The van der Waals surface area contributed by atoms with Gasteiger partial charge in [0.1, 0.15) is 11.6 Å². The molecule has 35 heavy (non-hydrogen) atoms. The summed E-state index contributed by atoms with van der Waals surface area (Å²) in [6, 6.07) is 9.79. The average molecular weight is 479 g/mol. The maximum atomic E-state index is 15.7. The maximum absolute atomic E-state index is 15.7. The van der Waals surface area contributed by atoms with Crippen LogP contribution in [0.5, 0.6) is 5.75 Å². The molecule has 4 aromatic rings. The van der Waals surface area contributed by atoms with Gasteiger partial charge < -0.3 is 15.0 Å². The SMILES string of the molecule is CC.CC.CCc1cccc(CC)c1-n1nc2c(c1-c1c(F)cc(OC)c3[nH]ccc13)CNCC2. The van der Waals surface area contributed by atoms with Crippen LogP contribution in [0.2, 0.25) is 0 Å². The first kappa shape index (κ1) is 26.5. The zero-order valence-corrected chi connectivity index (χ0v) is 22.2. The van der Waals surface area contributed by atoms with E-state index in [0.717, 1.165) is 59.3 Å². The molecular weight excluding hydrogens is 439 g/mol. The molecule has 0 saturated heterocycles. The number of rotatable bonds is 5. The normalized spacial score (nSPS) is 12.3. The molecule has 0 radical (unpaired) electrons. The first-order valence-corrected chi connectivity index (χ1v) is 12.9. The van der Waals surface area contributed by atoms with Gasteiger partial charge in [-0.05, 0) is 30.0 Å². The van der Waals surface area contributed by atoms with Gasteiger partial charge in [0.15, 0.2) is 0 Å². The molecule has 0 aliphatic carbocycles. The molecule has 0 amide bonds. The molecule has 5 nitrogen and oxygen atoms in total. The van der Waals surface area contributed by atoms with Gasteiger partial charge in [-0.2, -0.15) is 5.10 Å². The van der Waals surface area contributed by atoms with Crippen LogP contribution < -0.4 is 10.1 Å². The Balaban J connectivity index is 0.000000815. The van der Waals surface area contributed by atoms with Gasteiger partial charge in [-0.1, -0.05) is 59.7 Å². The molecule has 2 aromatic carbocycles. The molecule has 1 aliphatic rings. The molecule has 6 heteroatoms. The summed E-state index contributed by atoms with van der Waals surface area (Å²) >= 11 is 0. The van der Waals surface area contributed by atoms with E-state index in [9.17, 15) is 0 Å². The Kier molecular flexibility index (Phi) is 9.10. The van der Waals surface area contributed by atoms with Crippen molar-refractivity contribution in [2.45, 2.75) is 67.3 Å². The summed E-state index contributed by atoms with van der Waals surface area (Å²) in [6.07, 6.45) is 4.43. The van der Waals surface area contributed by atoms with Crippen LogP contribution in [0.1, 0.15) is 63.9 Å². The highest BCUT2D eigenvalue weighted by Gasteiger charge is 2.28. The van der Waals surface area contributed by atoms with Gasteiger partial charge in [0, 0.05) is 48.3 Å². The molecular formula is C29H39FN4O. The Morgan fingerprint density at radius 3 is 2.37 bits per heavy atom. The summed E-state index contributed by atoms with van der Waals surface area (Å²) in [5, 5.41) is 9.31. The second-order valence-corrected chi connectivity index (χ2v) is 7.95. The summed E-state index contributed by atoms with van der Waals surface area (Å²) in [6.45, 7) is 13.9. The van der Waals surface area contributed by atoms with E-state index in [1.165, 1.54) is 17.2 Å². The van der Waals surface area contributed by atoms with E-state index in [1.807, 2.05) is 44.6 Å². The minimum absolute atomic E-state index is 0.300. The fourth-order valence-corrected chi connectivity index (χ4v) is 4.78. The van der Waals surface area contributed by atoms with Crippen LogP contribution >= 0.6 is 0 Å². The van der Waals surface area contributed by atoms with Crippen LogP contribution in [0.25, 0.3) is 27.8 Å². The second kappa shape index (κ2) is 12.0. The smallest absolute Gasteiger partial charge is 0.145 e. The van der Waals surface area contributed by atoms with Crippen molar-refractivity contribution in [3.05, 3.63) is 64.7 Å². The van der Waals surface area contributed by atoms with E-state index >= 15 is 4.39 Å².